The third-order valence-corrected chi connectivity index (χ3v) is 5.50. The molecule has 0 heterocycles. The predicted octanol–water partition coefficient (Wildman–Crippen LogP) is 1.89. The molecule has 2 aromatic carbocycles. The second kappa shape index (κ2) is 6.03. The topological polar surface area (TPSA) is 63.2 Å². The lowest BCUT2D eigenvalue weighted by Gasteiger charge is -2.14. The molecule has 20 heavy (non-hydrogen) atoms. The molecule has 0 fully saturated rings. The van der Waals surface area contributed by atoms with Gasteiger partial charge in [0, 0.05) is 34.2 Å². The van der Waals surface area contributed by atoms with Crippen molar-refractivity contribution in [3.05, 3.63) is 42.5 Å². The molecular formula is C14H17NO3S2. The van der Waals surface area contributed by atoms with E-state index in [1.807, 2.05) is 24.3 Å². The molecule has 2 unspecified atom stereocenters. The molecule has 6 heteroatoms. The van der Waals surface area contributed by atoms with E-state index in [0.717, 1.165) is 5.39 Å². The first-order valence-electron chi connectivity index (χ1n) is 6.20. The van der Waals surface area contributed by atoms with Crippen LogP contribution in [0, 0.1) is 0 Å². The van der Waals surface area contributed by atoms with E-state index in [1.165, 1.54) is 0 Å². The summed E-state index contributed by atoms with van der Waals surface area (Å²) in [5, 5.41) is 1.56. The van der Waals surface area contributed by atoms with E-state index in [2.05, 4.69) is 4.72 Å². The van der Waals surface area contributed by atoms with Gasteiger partial charge in [-0.1, -0.05) is 36.4 Å². The Labute approximate surface area is 121 Å². The van der Waals surface area contributed by atoms with E-state index in [-0.39, 0.29) is 10.9 Å². The molecule has 0 aromatic heterocycles. The van der Waals surface area contributed by atoms with Gasteiger partial charge in [0.05, 0.1) is 4.90 Å². The van der Waals surface area contributed by atoms with Crippen molar-refractivity contribution in [3.8, 4) is 0 Å². The van der Waals surface area contributed by atoms with E-state index >= 15 is 0 Å². The number of benzene rings is 2. The Kier molecular flexibility index (Phi) is 4.57. The highest BCUT2D eigenvalue weighted by molar-refractivity contribution is 7.90. The Morgan fingerprint density at radius 2 is 1.80 bits per heavy atom. The number of hydrogen-bond donors (Lipinski definition) is 1. The maximum Gasteiger partial charge on any atom is 0.241 e. The van der Waals surface area contributed by atoms with Crippen molar-refractivity contribution in [1.82, 2.24) is 4.72 Å². The predicted molar refractivity (Wildman–Crippen MR) is 82.7 cm³/mol. The van der Waals surface area contributed by atoms with Gasteiger partial charge in [-0.15, -0.1) is 0 Å². The van der Waals surface area contributed by atoms with Gasteiger partial charge in [-0.05, 0) is 18.4 Å². The second-order valence-corrected chi connectivity index (χ2v) is 7.90. The lowest BCUT2D eigenvalue weighted by molar-refractivity contribution is 0.571. The highest BCUT2D eigenvalue weighted by Gasteiger charge is 2.20. The molecule has 0 amide bonds. The highest BCUT2D eigenvalue weighted by atomic mass is 32.2. The summed E-state index contributed by atoms with van der Waals surface area (Å²) in [4.78, 5) is 0.254. The number of nitrogens with one attached hydrogen (secondary N) is 1. The largest absolute Gasteiger partial charge is 0.260 e. The van der Waals surface area contributed by atoms with Crippen molar-refractivity contribution >= 4 is 31.6 Å². The number of rotatable bonds is 5. The summed E-state index contributed by atoms with van der Waals surface area (Å²) >= 11 is 0. The molecule has 4 nitrogen and oxygen atoms in total. The van der Waals surface area contributed by atoms with E-state index < -0.39 is 20.8 Å². The van der Waals surface area contributed by atoms with Gasteiger partial charge < -0.3 is 0 Å². The van der Waals surface area contributed by atoms with E-state index in [4.69, 9.17) is 0 Å². The fraction of sp³-hybridized carbons (Fsp3) is 0.286. The zero-order chi connectivity index (χ0) is 14.8. The molecule has 0 saturated carbocycles. The SMILES string of the molecule is CC(CS(C)=O)NS(=O)(=O)c1cccc2ccccc12. The molecule has 0 aliphatic heterocycles. The van der Waals surface area contributed by atoms with Crippen molar-refractivity contribution in [1.29, 1.82) is 0 Å². The first kappa shape index (κ1) is 15.2. The zero-order valence-corrected chi connectivity index (χ0v) is 13.0. The van der Waals surface area contributed by atoms with Gasteiger partial charge in [0.15, 0.2) is 0 Å². The van der Waals surface area contributed by atoms with Gasteiger partial charge in [-0.3, -0.25) is 4.21 Å². The third kappa shape index (κ3) is 3.45. The minimum absolute atomic E-state index is 0.254. The molecular weight excluding hydrogens is 294 g/mol. The Bertz CT molecular complexity index is 736. The lowest BCUT2D eigenvalue weighted by Crippen LogP contribution is -2.36. The molecule has 0 aliphatic carbocycles. The molecule has 2 rings (SSSR count). The summed E-state index contributed by atoms with van der Waals surface area (Å²) in [5.74, 6) is 0.296. The average Bonchev–Trinajstić information content (AvgIpc) is 2.36. The van der Waals surface area contributed by atoms with Crippen LogP contribution in [0.2, 0.25) is 0 Å². The smallest absolute Gasteiger partial charge is 0.241 e. The molecule has 2 aromatic rings. The minimum atomic E-state index is -3.62. The number of sulfonamides is 1. The molecule has 0 aliphatic rings. The van der Waals surface area contributed by atoms with Crippen molar-refractivity contribution < 1.29 is 12.6 Å². The van der Waals surface area contributed by atoms with Crippen molar-refractivity contribution in [3.63, 3.8) is 0 Å². The van der Waals surface area contributed by atoms with Crippen LogP contribution in [-0.4, -0.2) is 30.7 Å². The Hall–Kier alpha value is -1.24. The average molecular weight is 311 g/mol. The Morgan fingerprint density at radius 1 is 1.15 bits per heavy atom. The molecule has 1 N–H and O–H groups in total. The quantitative estimate of drug-likeness (QED) is 0.917. The maximum absolute atomic E-state index is 12.4. The summed E-state index contributed by atoms with van der Waals surface area (Å²) < 4.78 is 38.6. The van der Waals surface area contributed by atoms with Gasteiger partial charge in [0.1, 0.15) is 0 Å². The van der Waals surface area contributed by atoms with Gasteiger partial charge in [-0.2, -0.15) is 0 Å². The zero-order valence-electron chi connectivity index (χ0n) is 11.4. The van der Waals surface area contributed by atoms with Crippen molar-refractivity contribution in [2.45, 2.75) is 17.9 Å². The molecule has 0 spiro atoms. The summed E-state index contributed by atoms with van der Waals surface area (Å²) in [7, 11) is -4.66. The van der Waals surface area contributed by atoms with Gasteiger partial charge in [-0.25, -0.2) is 13.1 Å². The van der Waals surface area contributed by atoms with E-state index in [9.17, 15) is 12.6 Å². The van der Waals surface area contributed by atoms with Crippen LogP contribution in [0.1, 0.15) is 6.92 Å². The number of fused-ring (bicyclic) bond motifs is 1. The summed E-state index contributed by atoms with van der Waals surface area (Å²) in [6.07, 6.45) is 1.56. The molecule has 108 valence electrons. The van der Waals surface area contributed by atoms with Crippen LogP contribution in [-0.2, 0) is 20.8 Å². The van der Waals surface area contributed by atoms with E-state index in [0.29, 0.717) is 11.1 Å². The fourth-order valence-corrected chi connectivity index (χ4v) is 4.51. The molecule has 0 radical (unpaired) electrons. The normalized spacial score (nSPS) is 15.1. The summed E-state index contributed by atoms with van der Waals surface area (Å²) in [6.45, 7) is 1.71. The van der Waals surface area contributed by atoms with Crippen molar-refractivity contribution in [2.75, 3.05) is 12.0 Å². The van der Waals surface area contributed by atoms with Gasteiger partial charge in [0.2, 0.25) is 10.0 Å². The molecule has 0 saturated heterocycles. The third-order valence-electron chi connectivity index (χ3n) is 2.88. The van der Waals surface area contributed by atoms with Crippen LogP contribution >= 0.6 is 0 Å². The Morgan fingerprint density at radius 3 is 2.50 bits per heavy atom. The first-order chi connectivity index (χ1) is 9.40. The summed E-state index contributed by atoms with van der Waals surface area (Å²) in [5.41, 5.74) is 0. The lowest BCUT2D eigenvalue weighted by atomic mass is 10.1. The standard InChI is InChI=1S/C14H17NO3S2/c1-11(10-19(2)16)15-20(17,18)14-9-5-7-12-6-3-4-8-13(12)14/h3-9,11,15H,10H2,1-2H3. The van der Waals surface area contributed by atoms with Gasteiger partial charge >= 0.3 is 0 Å². The van der Waals surface area contributed by atoms with Crippen LogP contribution in [0.4, 0.5) is 0 Å². The summed E-state index contributed by atoms with van der Waals surface area (Å²) in [6, 6.07) is 12.1. The van der Waals surface area contributed by atoms with Crippen LogP contribution < -0.4 is 4.72 Å². The highest BCUT2D eigenvalue weighted by Crippen LogP contribution is 2.22. The molecule has 0 bridgehead atoms. The monoisotopic (exact) mass is 311 g/mol. The van der Waals surface area contributed by atoms with Crippen LogP contribution in [0.5, 0.6) is 0 Å². The maximum atomic E-state index is 12.4. The fourth-order valence-electron chi connectivity index (χ4n) is 2.14. The van der Waals surface area contributed by atoms with Crippen LogP contribution in [0.25, 0.3) is 10.8 Å². The number of hydrogen-bond acceptors (Lipinski definition) is 3. The Balaban J connectivity index is 2.39. The minimum Gasteiger partial charge on any atom is -0.260 e. The molecule has 2 atom stereocenters. The first-order valence-corrected chi connectivity index (χ1v) is 9.41. The van der Waals surface area contributed by atoms with Crippen molar-refractivity contribution in [2.24, 2.45) is 0 Å². The van der Waals surface area contributed by atoms with Gasteiger partial charge in [0.25, 0.3) is 0 Å². The van der Waals surface area contributed by atoms with E-state index in [1.54, 1.807) is 31.4 Å². The van der Waals surface area contributed by atoms with Crippen LogP contribution in [0.3, 0.4) is 0 Å². The second-order valence-electron chi connectivity index (χ2n) is 4.74. The van der Waals surface area contributed by atoms with Crippen LogP contribution in [0.15, 0.2) is 47.4 Å².